The van der Waals surface area contributed by atoms with E-state index >= 15 is 0 Å². The molecule has 0 aromatic heterocycles. The number of carbonyl (C=O) groups excluding carboxylic acids is 1. The van der Waals surface area contributed by atoms with Crippen LogP contribution in [-0.4, -0.2) is 5.78 Å². The van der Waals surface area contributed by atoms with Gasteiger partial charge in [-0.3, -0.25) is 4.79 Å². The van der Waals surface area contributed by atoms with Crippen LogP contribution < -0.4 is 0 Å². The van der Waals surface area contributed by atoms with E-state index in [2.05, 4.69) is 19.9 Å². The van der Waals surface area contributed by atoms with Crippen molar-refractivity contribution in [3.63, 3.8) is 0 Å². The van der Waals surface area contributed by atoms with E-state index in [1.54, 1.807) is 12.2 Å². The molecule has 0 aromatic rings. The number of ketones is 1. The highest BCUT2D eigenvalue weighted by Crippen LogP contribution is 2.07. The lowest BCUT2D eigenvalue weighted by atomic mass is 10.1. The molecule has 0 aromatic carbocycles. The van der Waals surface area contributed by atoms with Crippen LogP contribution in [0.15, 0.2) is 34.9 Å². The zero-order chi connectivity index (χ0) is 11.8. The zero-order valence-corrected chi connectivity index (χ0v) is 10.6. The van der Waals surface area contributed by atoms with Crippen molar-refractivity contribution in [2.45, 2.75) is 47.5 Å². The van der Waals surface area contributed by atoms with Crippen molar-refractivity contribution in [2.24, 2.45) is 0 Å². The predicted octanol–water partition coefficient (Wildman–Crippen LogP) is 4.21. The summed E-state index contributed by atoms with van der Waals surface area (Å²) in [4.78, 5) is 11.4. The van der Waals surface area contributed by atoms with E-state index in [4.69, 9.17) is 0 Å². The van der Waals surface area contributed by atoms with Crippen molar-refractivity contribution in [2.75, 3.05) is 0 Å². The molecule has 0 saturated carbocycles. The van der Waals surface area contributed by atoms with E-state index in [0.29, 0.717) is 0 Å². The first-order valence-corrected chi connectivity index (χ1v) is 5.41. The highest BCUT2D eigenvalue weighted by atomic mass is 16.1. The van der Waals surface area contributed by atoms with Gasteiger partial charge in [-0.1, -0.05) is 22.8 Å². The van der Waals surface area contributed by atoms with Crippen LogP contribution in [0.5, 0.6) is 0 Å². The molecule has 0 rings (SSSR count). The second-order valence-electron chi connectivity index (χ2n) is 4.43. The van der Waals surface area contributed by atoms with Crippen molar-refractivity contribution in [1.82, 2.24) is 0 Å². The Balaban J connectivity index is 4.15. The van der Waals surface area contributed by atoms with E-state index in [1.165, 1.54) is 5.57 Å². The molecule has 0 aliphatic heterocycles. The Labute approximate surface area is 93.6 Å². The Hall–Kier alpha value is -1.11. The Kier molecular flexibility index (Phi) is 6.68. The quantitative estimate of drug-likeness (QED) is 0.486. The molecule has 0 fully saturated rings. The fourth-order valence-electron chi connectivity index (χ4n) is 1.23. The lowest BCUT2D eigenvalue weighted by molar-refractivity contribution is -0.110. The fourth-order valence-corrected chi connectivity index (χ4v) is 1.23. The minimum Gasteiger partial charge on any atom is -0.290 e. The highest BCUT2D eigenvalue weighted by molar-refractivity contribution is 5.99. The summed E-state index contributed by atoms with van der Waals surface area (Å²) in [5.74, 6) is 0.102. The van der Waals surface area contributed by atoms with Crippen LogP contribution in [-0.2, 0) is 4.79 Å². The smallest absolute Gasteiger partial charge is 0.178 e. The third-order valence-electron chi connectivity index (χ3n) is 1.91. The molecule has 0 spiro atoms. The van der Waals surface area contributed by atoms with Crippen LogP contribution >= 0.6 is 0 Å². The predicted molar refractivity (Wildman–Crippen MR) is 66.9 cm³/mol. The molecular weight excluding hydrogens is 184 g/mol. The van der Waals surface area contributed by atoms with Crippen molar-refractivity contribution >= 4 is 5.78 Å². The summed E-state index contributed by atoms with van der Waals surface area (Å²) in [6, 6.07) is 0. The van der Waals surface area contributed by atoms with E-state index in [9.17, 15) is 4.79 Å². The van der Waals surface area contributed by atoms with Gasteiger partial charge >= 0.3 is 0 Å². The summed E-state index contributed by atoms with van der Waals surface area (Å²) in [5.41, 5.74) is 3.53. The van der Waals surface area contributed by atoms with Crippen molar-refractivity contribution in [3.05, 3.63) is 34.9 Å². The number of rotatable bonds is 5. The third-order valence-corrected chi connectivity index (χ3v) is 1.91. The maximum atomic E-state index is 11.4. The van der Waals surface area contributed by atoms with Crippen molar-refractivity contribution < 1.29 is 4.79 Å². The van der Waals surface area contributed by atoms with Gasteiger partial charge in [0.05, 0.1) is 0 Å². The number of carbonyl (C=O) groups is 1. The van der Waals surface area contributed by atoms with Gasteiger partial charge in [0.25, 0.3) is 0 Å². The van der Waals surface area contributed by atoms with Crippen LogP contribution in [0, 0.1) is 0 Å². The first kappa shape index (κ1) is 13.9. The topological polar surface area (TPSA) is 17.1 Å². The van der Waals surface area contributed by atoms with E-state index in [0.717, 1.165) is 24.0 Å². The molecule has 84 valence electrons. The molecule has 0 radical (unpaired) electrons. The number of allylic oxidation sites excluding steroid dienone is 6. The average Bonchev–Trinajstić information content (AvgIpc) is 2.00. The van der Waals surface area contributed by atoms with Gasteiger partial charge < -0.3 is 0 Å². The van der Waals surface area contributed by atoms with Crippen molar-refractivity contribution in [3.8, 4) is 0 Å². The van der Waals surface area contributed by atoms with E-state index in [1.807, 2.05) is 20.8 Å². The molecule has 0 unspecified atom stereocenters. The molecule has 0 saturated heterocycles. The normalized spacial score (nSPS) is 10.9. The van der Waals surface area contributed by atoms with E-state index in [-0.39, 0.29) is 5.78 Å². The Morgan fingerprint density at radius 1 is 0.933 bits per heavy atom. The number of hydrogen-bond donors (Lipinski definition) is 0. The SMILES string of the molecule is CC(C)=CCCC(C)=CC(=O)C=C(C)C. The molecule has 1 heteroatoms. The van der Waals surface area contributed by atoms with Crippen LogP contribution in [0.2, 0.25) is 0 Å². The lowest BCUT2D eigenvalue weighted by Crippen LogP contribution is -1.89. The maximum absolute atomic E-state index is 11.4. The highest BCUT2D eigenvalue weighted by Gasteiger charge is 1.94. The minimum atomic E-state index is 0.102. The summed E-state index contributed by atoms with van der Waals surface area (Å²) in [7, 11) is 0. The molecule has 0 aliphatic rings. The van der Waals surface area contributed by atoms with Gasteiger partial charge in [-0.25, -0.2) is 0 Å². The largest absolute Gasteiger partial charge is 0.290 e. The van der Waals surface area contributed by atoms with Crippen LogP contribution in [0.3, 0.4) is 0 Å². The second kappa shape index (κ2) is 7.22. The third kappa shape index (κ3) is 9.20. The molecule has 0 aliphatic carbocycles. The molecular formula is C14H22O. The average molecular weight is 206 g/mol. The first-order valence-electron chi connectivity index (χ1n) is 5.41. The molecule has 1 nitrogen and oxygen atoms in total. The summed E-state index contributed by atoms with van der Waals surface area (Å²) >= 11 is 0. The molecule has 0 atom stereocenters. The first-order chi connectivity index (χ1) is 6.91. The van der Waals surface area contributed by atoms with Crippen molar-refractivity contribution in [1.29, 1.82) is 0 Å². The van der Waals surface area contributed by atoms with Gasteiger partial charge in [0.1, 0.15) is 0 Å². The molecule has 15 heavy (non-hydrogen) atoms. The monoisotopic (exact) mass is 206 g/mol. The van der Waals surface area contributed by atoms with Gasteiger partial charge in [0.15, 0.2) is 5.78 Å². The fraction of sp³-hybridized carbons (Fsp3) is 0.500. The molecule has 0 bridgehead atoms. The second-order valence-corrected chi connectivity index (χ2v) is 4.43. The minimum absolute atomic E-state index is 0.102. The van der Waals surface area contributed by atoms with Gasteiger partial charge in [-0.05, 0) is 59.6 Å². The molecule has 0 N–H and O–H groups in total. The molecule has 0 amide bonds. The maximum Gasteiger partial charge on any atom is 0.178 e. The van der Waals surface area contributed by atoms with Crippen LogP contribution in [0.25, 0.3) is 0 Å². The Bertz CT molecular complexity index is 295. The Morgan fingerprint density at radius 2 is 1.53 bits per heavy atom. The molecule has 0 heterocycles. The summed E-state index contributed by atoms with van der Waals surface area (Å²) in [6.07, 6.45) is 7.58. The van der Waals surface area contributed by atoms with E-state index < -0.39 is 0 Å². The van der Waals surface area contributed by atoms with Gasteiger partial charge in [-0.15, -0.1) is 0 Å². The van der Waals surface area contributed by atoms with Crippen LogP contribution in [0.1, 0.15) is 47.5 Å². The van der Waals surface area contributed by atoms with Gasteiger partial charge in [0.2, 0.25) is 0 Å². The van der Waals surface area contributed by atoms with Gasteiger partial charge in [-0.2, -0.15) is 0 Å². The summed E-state index contributed by atoms with van der Waals surface area (Å²) in [5, 5.41) is 0. The zero-order valence-electron chi connectivity index (χ0n) is 10.6. The van der Waals surface area contributed by atoms with Crippen LogP contribution in [0.4, 0.5) is 0 Å². The van der Waals surface area contributed by atoms with Gasteiger partial charge in [0, 0.05) is 0 Å². The number of hydrogen-bond acceptors (Lipinski definition) is 1. The lowest BCUT2D eigenvalue weighted by Gasteiger charge is -1.97. The standard InChI is InChI=1S/C14H22O/c1-11(2)7-6-8-13(5)10-14(15)9-12(3)4/h7,9-10H,6,8H2,1-5H3. The Morgan fingerprint density at radius 3 is 2.00 bits per heavy atom. The summed E-state index contributed by atoms with van der Waals surface area (Å²) in [6.45, 7) is 10.1. The summed E-state index contributed by atoms with van der Waals surface area (Å²) < 4.78 is 0.